The Morgan fingerprint density at radius 2 is 1.57 bits per heavy atom. The molecule has 0 atom stereocenters. The third-order valence-electron chi connectivity index (χ3n) is 3.56. The zero-order valence-corrected chi connectivity index (χ0v) is 11.7. The van der Waals surface area contributed by atoms with E-state index >= 15 is 0 Å². The van der Waals surface area contributed by atoms with Crippen LogP contribution < -0.4 is 0 Å². The standard InChI is InChI=1S/C18H15F2N/c1-2-15-11-12-17(13-7-9-14(19)10-8-13)21(15)18-6-4-3-5-16(18)20/h3-12H,2H2,1H3. The number of benzene rings is 2. The number of halogens is 2. The number of hydrogen-bond acceptors (Lipinski definition) is 0. The molecule has 0 bridgehead atoms. The Balaban J connectivity index is 2.22. The Morgan fingerprint density at radius 1 is 0.857 bits per heavy atom. The number of aromatic nitrogens is 1. The lowest BCUT2D eigenvalue weighted by Crippen LogP contribution is -2.03. The zero-order chi connectivity index (χ0) is 14.8. The number of hydrogen-bond donors (Lipinski definition) is 0. The van der Waals surface area contributed by atoms with Crippen LogP contribution in [0.15, 0.2) is 60.7 Å². The molecule has 3 aromatic rings. The predicted octanol–water partition coefficient (Wildman–Crippen LogP) is 4.98. The van der Waals surface area contributed by atoms with Gasteiger partial charge in [-0.2, -0.15) is 0 Å². The summed E-state index contributed by atoms with van der Waals surface area (Å²) in [5.41, 5.74) is 3.24. The van der Waals surface area contributed by atoms with Crippen LogP contribution >= 0.6 is 0 Å². The minimum atomic E-state index is -0.279. The second-order valence-electron chi connectivity index (χ2n) is 4.86. The minimum absolute atomic E-state index is 0.272. The van der Waals surface area contributed by atoms with Gasteiger partial charge in [0.2, 0.25) is 0 Å². The van der Waals surface area contributed by atoms with Gasteiger partial charge < -0.3 is 4.57 Å². The molecule has 21 heavy (non-hydrogen) atoms. The molecule has 0 unspecified atom stereocenters. The Labute approximate surface area is 122 Å². The molecule has 106 valence electrons. The monoisotopic (exact) mass is 283 g/mol. The summed E-state index contributed by atoms with van der Waals surface area (Å²) >= 11 is 0. The summed E-state index contributed by atoms with van der Waals surface area (Å²) in [4.78, 5) is 0. The summed E-state index contributed by atoms with van der Waals surface area (Å²) < 4.78 is 29.1. The van der Waals surface area contributed by atoms with Crippen molar-refractivity contribution in [3.63, 3.8) is 0 Å². The van der Waals surface area contributed by atoms with Gasteiger partial charge in [0.15, 0.2) is 0 Å². The van der Waals surface area contributed by atoms with Crippen LogP contribution in [0, 0.1) is 11.6 Å². The molecule has 1 aromatic heterocycles. The first-order valence-corrected chi connectivity index (χ1v) is 6.92. The van der Waals surface area contributed by atoms with Gasteiger partial charge in [-0.25, -0.2) is 8.78 Å². The molecular weight excluding hydrogens is 268 g/mol. The van der Waals surface area contributed by atoms with Crippen molar-refractivity contribution in [2.45, 2.75) is 13.3 Å². The third kappa shape index (κ3) is 2.47. The van der Waals surface area contributed by atoms with E-state index in [4.69, 9.17) is 0 Å². The van der Waals surface area contributed by atoms with E-state index in [1.54, 1.807) is 24.3 Å². The molecule has 1 heterocycles. The molecular formula is C18H15F2N. The summed E-state index contributed by atoms with van der Waals surface area (Å²) in [5.74, 6) is -0.551. The summed E-state index contributed by atoms with van der Waals surface area (Å²) in [6.45, 7) is 2.03. The van der Waals surface area contributed by atoms with Gasteiger partial charge in [-0.3, -0.25) is 0 Å². The maximum atomic E-state index is 14.1. The molecule has 0 spiro atoms. The van der Waals surface area contributed by atoms with Crippen LogP contribution in [0.5, 0.6) is 0 Å². The van der Waals surface area contributed by atoms with Gasteiger partial charge in [-0.05, 0) is 60.5 Å². The number of nitrogens with zero attached hydrogens (tertiary/aromatic N) is 1. The molecule has 0 amide bonds. The topological polar surface area (TPSA) is 4.93 Å². The van der Waals surface area contributed by atoms with Crippen molar-refractivity contribution in [1.29, 1.82) is 0 Å². The first kappa shape index (κ1) is 13.6. The predicted molar refractivity (Wildman–Crippen MR) is 80.5 cm³/mol. The van der Waals surface area contributed by atoms with E-state index in [1.807, 2.05) is 29.7 Å². The fourth-order valence-electron chi connectivity index (χ4n) is 2.52. The van der Waals surface area contributed by atoms with Crippen LogP contribution in [-0.2, 0) is 6.42 Å². The van der Waals surface area contributed by atoms with Crippen molar-refractivity contribution in [2.75, 3.05) is 0 Å². The zero-order valence-electron chi connectivity index (χ0n) is 11.7. The number of para-hydroxylation sites is 1. The van der Waals surface area contributed by atoms with E-state index in [-0.39, 0.29) is 11.6 Å². The lowest BCUT2D eigenvalue weighted by molar-refractivity contribution is 0.616. The van der Waals surface area contributed by atoms with E-state index in [0.717, 1.165) is 23.4 Å². The fraction of sp³-hybridized carbons (Fsp3) is 0.111. The van der Waals surface area contributed by atoms with Crippen LogP contribution in [-0.4, -0.2) is 4.57 Å². The van der Waals surface area contributed by atoms with Crippen molar-refractivity contribution in [1.82, 2.24) is 4.57 Å². The molecule has 0 N–H and O–H groups in total. The maximum absolute atomic E-state index is 14.1. The van der Waals surface area contributed by atoms with E-state index in [9.17, 15) is 8.78 Å². The van der Waals surface area contributed by atoms with Gasteiger partial charge in [0, 0.05) is 5.69 Å². The lowest BCUT2D eigenvalue weighted by Gasteiger charge is -2.14. The van der Waals surface area contributed by atoms with Crippen molar-refractivity contribution in [3.05, 3.63) is 78.0 Å². The summed E-state index contributed by atoms with van der Waals surface area (Å²) in [6, 6.07) is 16.9. The largest absolute Gasteiger partial charge is 0.311 e. The molecule has 0 fully saturated rings. The first-order chi connectivity index (χ1) is 10.2. The molecule has 1 nitrogen and oxygen atoms in total. The molecule has 0 saturated carbocycles. The highest BCUT2D eigenvalue weighted by Crippen LogP contribution is 2.28. The van der Waals surface area contributed by atoms with Crippen LogP contribution in [0.2, 0.25) is 0 Å². The quantitative estimate of drug-likeness (QED) is 0.638. The number of rotatable bonds is 3. The molecule has 0 aliphatic rings. The Kier molecular flexibility index (Phi) is 3.57. The van der Waals surface area contributed by atoms with E-state index in [1.165, 1.54) is 18.2 Å². The van der Waals surface area contributed by atoms with Gasteiger partial charge in [0.1, 0.15) is 11.6 Å². The molecule has 3 rings (SSSR count). The Bertz CT molecular complexity index is 757. The van der Waals surface area contributed by atoms with Gasteiger partial charge in [-0.1, -0.05) is 19.1 Å². The molecule has 0 aliphatic heterocycles. The van der Waals surface area contributed by atoms with Crippen LogP contribution in [0.4, 0.5) is 8.78 Å². The minimum Gasteiger partial charge on any atom is -0.311 e. The highest BCUT2D eigenvalue weighted by molar-refractivity contribution is 5.64. The lowest BCUT2D eigenvalue weighted by atomic mass is 10.1. The molecule has 0 saturated heterocycles. The first-order valence-electron chi connectivity index (χ1n) is 6.92. The highest BCUT2D eigenvalue weighted by atomic mass is 19.1. The van der Waals surface area contributed by atoms with Crippen LogP contribution in [0.1, 0.15) is 12.6 Å². The SMILES string of the molecule is CCc1ccc(-c2ccc(F)cc2)n1-c1ccccc1F. The summed E-state index contributed by atoms with van der Waals surface area (Å²) in [6.07, 6.45) is 0.787. The number of aryl methyl sites for hydroxylation is 1. The van der Waals surface area contributed by atoms with E-state index < -0.39 is 0 Å². The molecule has 0 radical (unpaired) electrons. The summed E-state index contributed by atoms with van der Waals surface area (Å²) in [7, 11) is 0. The van der Waals surface area contributed by atoms with Crippen LogP contribution in [0.25, 0.3) is 16.9 Å². The average molecular weight is 283 g/mol. The Morgan fingerprint density at radius 3 is 2.24 bits per heavy atom. The van der Waals surface area contributed by atoms with Crippen LogP contribution in [0.3, 0.4) is 0 Å². The maximum Gasteiger partial charge on any atom is 0.147 e. The van der Waals surface area contributed by atoms with Crippen molar-refractivity contribution < 1.29 is 8.78 Å². The second kappa shape index (κ2) is 5.52. The Hall–Kier alpha value is -2.42. The van der Waals surface area contributed by atoms with Gasteiger partial charge in [0.05, 0.1) is 11.4 Å². The van der Waals surface area contributed by atoms with Gasteiger partial charge in [0.25, 0.3) is 0 Å². The fourth-order valence-corrected chi connectivity index (χ4v) is 2.52. The molecule has 0 aliphatic carbocycles. The van der Waals surface area contributed by atoms with Gasteiger partial charge in [-0.15, -0.1) is 0 Å². The second-order valence-corrected chi connectivity index (χ2v) is 4.86. The van der Waals surface area contributed by atoms with Gasteiger partial charge >= 0.3 is 0 Å². The van der Waals surface area contributed by atoms with Crippen molar-refractivity contribution in [2.24, 2.45) is 0 Å². The van der Waals surface area contributed by atoms with E-state index in [2.05, 4.69) is 0 Å². The molecule has 3 heteroatoms. The average Bonchev–Trinajstić information content (AvgIpc) is 2.92. The van der Waals surface area contributed by atoms with E-state index in [0.29, 0.717) is 5.69 Å². The van der Waals surface area contributed by atoms with Crippen molar-refractivity contribution in [3.8, 4) is 16.9 Å². The van der Waals surface area contributed by atoms with Crippen molar-refractivity contribution >= 4 is 0 Å². The smallest absolute Gasteiger partial charge is 0.147 e. The molecule has 2 aromatic carbocycles. The third-order valence-corrected chi connectivity index (χ3v) is 3.56. The highest BCUT2D eigenvalue weighted by Gasteiger charge is 2.13. The summed E-state index contributed by atoms with van der Waals surface area (Å²) in [5, 5.41) is 0. The normalized spacial score (nSPS) is 10.8.